The van der Waals surface area contributed by atoms with Crippen LogP contribution in [0.3, 0.4) is 0 Å². The quantitative estimate of drug-likeness (QED) is 0.561. The molecule has 6 nitrogen and oxygen atoms in total. The lowest BCUT2D eigenvalue weighted by Gasteiger charge is -2.35. The third-order valence-corrected chi connectivity index (χ3v) is 3.09. The summed E-state index contributed by atoms with van der Waals surface area (Å²) in [5, 5.41) is 5.41. The van der Waals surface area contributed by atoms with Crippen molar-refractivity contribution in [2.45, 2.75) is 19.4 Å². The monoisotopic (exact) mass is 242 g/mol. The van der Waals surface area contributed by atoms with Crippen LogP contribution in [0.15, 0.2) is 0 Å². The van der Waals surface area contributed by atoms with Crippen molar-refractivity contribution in [2.75, 3.05) is 33.2 Å². The number of likely N-dealkylation sites (tertiary alicyclic amines) is 1. The zero-order valence-corrected chi connectivity index (χ0v) is 10.5. The standard InChI is InChI=1S/C11H22N4O2/c1-8-7-15(2)4-3-9(8)14-11(17)6-13-10(16)5-12/h8-9H,3-7,12H2,1-2H3,(H,13,16)(H,14,17). The van der Waals surface area contributed by atoms with Crippen molar-refractivity contribution in [1.29, 1.82) is 0 Å². The summed E-state index contributed by atoms with van der Waals surface area (Å²) >= 11 is 0. The summed E-state index contributed by atoms with van der Waals surface area (Å²) in [6.45, 7) is 4.02. The van der Waals surface area contributed by atoms with Crippen molar-refractivity contribution >= 4 is 11.8 Å². The lowest BCUT2D eigenvalue weighted by Crippen LogP contribution is -2.51. The number of rotatable bonds is 4. The van der Waals surface area contributed by atoms with Gasteiger partial charge in [0, 0.05) is 12.6 Å². The maximum absolute atomic E-state index is 11.6. The number of carbonyl (C=O) groups excluding carboxylic acids is 2. The predicted molar refractivity (Wildman–Crippen MR) is 65.3 cm³/mol. The highest BCUT2D eigenvalue weighted by Crippen LogP contribution is 2.14. The first-order chi connectivity index (χ1) is 8.02. The summed E-state index contributed by atoms with van der Waals surface area (Å²) in [5.74, 6) is -0.0207. The summed E-state index contributed by atoms with van der Waals surface area (Å²) in [7, 11) is 2.08. The van der Waals surface area contributed by atoms with Gasteiger partial charge in [0.25, 0.3) is 0 Å². The van der Waals surface area contributed by atoms with Crippen LogP contribution in [0.2, 0.25) is 0 Å². The van der Waals surface area contributed by atoms with E-state index in [4.69, 9.17) is 5.73 Å². The second-order valence-corrected chi connectivity index (χ2v) is 4.68. The lowest BCUT2D eigenvalue weighted by atomic mass is 9.94. The molecule has 0 saturated carbocycles. The molecule has 0 aromatic carbocycles. The normalized spacial score (nSPS) is 25.4. The second kappa shape index (κ2) is 6.56. The lowest BCUT2D eigenvalue weighted by molar-refractivity contribution is -0.126. The van der Waals surface area contributed by atoms with Crippen molar-refractivity contribution in [3.05, 3.63) is 0 Å². The van der Waals surface area contributed by atoms with Crippen LogP contribution in [0.5, 0.6) is 0 Å². The number of nitrogens with one attached hydrogen (secondary N) is 2. The van der Waals surface area contributed by atoms with E-state index in [-0.39, 0.29) is 30.9 Å². The topological polar surface area (TPSA) is 87.5 Å². The Kier molecular flexibility index (Phi) is 5.37. The Balaban J connectivity index is 2.28. The molecular weight excluding hydrogens is 220 g/mol. The second-order valence-electron chi connectivity index (χ2n) is 4.68. The van der Waals surface area contributed by atoms with Gasteiger partial charge in [-0.15, -0.1) is 0 Å². The first kappa shape index (κ1) is 13.9. The molecule has 1 aliphatic rings. The maximum Gasteiger partial charge on any atom is 0.239 e. The largest absolute Gasteiger partial charge is 0.351 e. The minimum absolute atomic E-state index is 0.00902. The molecule has 0 aromatic heterocycles. The molecule has 0 bridgehead atoms. The van der Waals surface area contributed by atoms with Gasteiger partial charge in [0.1, 0.15) is 0 Å². The van der Waals surface area contributed by atoms with Crippen molar-refractivity contribution in [3.8, 4) is 0 Å². The van der Waals surface area contributed by atoms with Gasteiger partial charge in [-0.1, -0.05) is 6.92 Å². The van der Waals surface area contributed by atoms with Gasteiger partial charge in [-0.2, -0.15) is 0 Å². The molecule has 98 valence electrons. The van der Waals surface area contributed by atoms with Gasteiger partial charge in [0.2, 0.25) is 11.8 Å². The minimum Gasteiger partial charge on any atom is -0.351 e. The van der Waals surface area contributed by atoms with Crippen molar-refractivity contribution in [3.63, 3.8) is 0 Å². The van der Waals surface area contributed by atoms with Crippen LogP contribution in [-0.2, 0) is 9.59 Å². The zero-order valence-electron chi connectivity index (χ0n) is 10.5. The minimum atomic E-state index is -0.309. The van der Waals surface area contributed by atoms with E-state index in [0.29, 0.717) is 5.92 Å². The van der Waals surface area contributed by atoms with E-state index in [0.717, 1.165) is 19.5 Å². The van der Waals surface area contributed by atoms with E-state index in [1.807, 2.05) is 0 Å². The number of hydrogen-bond donors (Lipinski definition) is 3. The van der Waals surface area contributed by atoms with Crippen molar-refractivity contribution < 1.29 is 9.59 Å². The van der Waals surface area contributed by atoms with Gasteiger partial charge in [0.15, 0.2) is 0 Å². The van der Waals surface area contributed by atoms with Crippen LogP contribution >= 0.6 is 0 Å². The van der Waals surface area contributed by atoms with Crippen LogP contribution in [0, 0.1) is 5.92 Å². The predicted octanol–water partition coefficient (Wildman–Crippen LogP) is -1.48. The van der Waals surface area contributed by atoms with E-state index in [1.165, 1.54) is 0 Å². The molecule has 1 aliphatic heterocycles. The maximum atomic E-state index is 11.6. The Morgan fingerprint density at radius 3 is 2.71 bits per heavy atom. The fraction of sp³-hybridized carbons (Fsp3) is 0.818. The summed E-state index contributed by atoms with van der Waals surface area (Å²) in [6, 6.07) is 0.202. The van der Waals surface area contributed by atoms with Crippen LogP contribution in [0.4, 0.5) is 0 Å². The first-order valence-corrected chi connectivity index (χ1v) is 5.97. The summed E-state index contributed by atoms with van der Waals surface area (Å²) in [5.41, 5.74) is 5.13. The van der Waals surface area contributed by atoms with Gasteiger partial charge in [-0.05, 0) is 25.9 Å². The fourth-order valence-electron chi connectivity index (χ4n) is 2.08. The highest BCUT2D eigenvalue weighted by atomic mass is 16.2. The summed E-state index contributed by atoms with van der Waals surface area (Å²) in [6.07, 6.45) is 0.953. The summed E-state index contributed by atoms with van der Waals surface area (Å²) in [4.78, 5) is 24.7. The van der Waals surface area contributed by atoms with Gasteiger partial charge < -0.3 is 21.3 Å². The van der Waals surface area contributed by atoms with E-state index in [2.05, 4.69) is 29.5 Å². The molecule has 6 heteroatoms. The Labute approximate surface area is 102 Å². The third-order valence-electron chi connectivity index (χ3n) is 3.09. The number of amides is 2. The van der Waals surface area contributed by atoms with Gasteiger partial charge in [-0.3, -0.25) is 9.59 Å². The molecule has 1 heterocycles. The van der Waals surface area contributed by atoms with E-state index < -0.39 is 0 Å². The Morgan fingerprint density at radius 2 is 2.12 bits per heavy atom. The Bertz CT molecular complexity index is 283. The van der Waals surface area contributed by atoms with Crippen molar-refractivity contribution in [1.82, 2.24) is 15.5 Å². The molecule has 2 amide bonds. The molecule has 4 N–H and O–H groups in total. The van der Waals surface area contributed by atoms with Gasteiger partial charge in [-0.25, -0.2) is 0 Å². The van der Waals surface area contributed by atoms with E-state index in [1.54, 1.807) is 0 Å². The number of nitrogens with two attached hydrogens (primary N) is 1. The molecule has 2 unspecified atom stereocenters. The molecule has 2 atom stereocenters. The highest BCUT2D eigenvalue weighted by molar-refractivity contribution is 5.85. The van der Waals surface area contributed by atoms with Crippen molar-refractivity contribution in [2.24, 2.45) is 11.7 Å². The van der Waals surface area contributed by atoms with E-state index in [9.17, 15) is 9.59 Å². The highest BCUT2D eigenvalue weighted by Gasteiger charge is 2.25. The van der Waals surface area contributed by atoms with Crippen LogP contribution in [-0.4, -0.2) is 56.0 Å². The van der Waals surface area contributed by atoms with Crippen LogP contribution < -0.4 is 16.4 Å². The molecule has 0 radical (unpaired) electrons. The number of hydrogen-bond acceptors (Lipinski definition) is 4. The summed E-state index contributed by atoms with van der Waals surface area (Å²) < 4.78 is 0. The van der Waals surface area contributed by atoms with E-state index >= 15 is 0 Å². The zero-order chi connectivity index (χ0) is 12.8. The Morgan fingerprint density at radius 1 is 1.41 bits per heavy atom. The molecule has 0 aromatic rings. The Hall–Kier alpha value is -1.14. The van der Waals surface area contributed by atoms with Gasteiger partial charge in [0.05, 0.1) is 13.1 Å². The number of piperidine rings is 1. The van der Waals surface area contributed by atoms with Crippen LogP contribution in [0.25, 0.3) is 0 Å². The van der Waals surface area contributed by atoms with Crippen LogP contribution in [0.1, 0.15) is 13.3 Å². The molecule has 1 rings (SSSR count). The molecule has 1 fully saturated rings. The fourth-order valence-corrected chi connectivity index (χ4v) is 2.08. The SMILES string of the molecule is CC1CN(C)CCC1NC(=O)CNC(=O)CN. The average Bonchev–Trinajstić information content (AvgIpc) is 2.29. The smallest absolute Gasteiger partial charge is 0.239 e. The molecule has 17 heavy (non-hydrogen) atoms. The number of nitrogens with zero attached hydrogens (tertiary/aromatic N) is 1. The molecular formula is C11H22N4O2. The molecule has 0 aliphatic carbocycles. The first-order valence-electron chi connectivity index (χ1n) is 5.97. The molecule has 0 spiro atoms. The third kappa shape index (κ3) is 4.70. The average molecular weight is 242 g/mol. The number of carbonyl (C=O) groups is 2. The molecule has 1 saturated heterocycles. The van der Waals surface area contributed by atoms with Gasteiger partial charge >= 0.3 is 0 Å².